The topological polar surface area (TPSA) is 123 Å². The number of halogens is 4. The molecular weight excluding hydrogens is 502 g/mol. The van der Waals surface area contributed by atoms with Crippen molar-refractivity contribution in [1.29, 1.82) is 0 Å². The number of nitrogens with one attached hydrogen (secondary N) is 3. The second kappa shape index (κ2) is 10.6. The first-order chi connectivity index (χ1) is 17.5. The Kier molecular flexibility index (Phi) is 7.67. The van der Waals surface area contributed by atoms with Crippen LogP contribution in [0.4, 0.5) is 27.2 Å². The van der Waals surface area contributed by atoms with Crippen LogP contribution in [-0.2, 0) is 11.3 Å². The Hall–Kier alpha value is -3.29. The average molecular weight is 532 g/mol. The van der Waals surface area contributed by atoms with Gasteiger partial charge in [0.1, 0.15) is 11.6 Å². The molecule has 0 radical (unpaired) electrons. The van der Waals surface area contributed by atoms with Crippen molar-refractivity contribution in [2.45, 2.75) is 50.7 Å². The number of rotatable bonds is 7. The number of aliphatic hydroxyl groups is 1. The molecule has 0 bridgehead atoms. The van der Waals surface area contributed by atoms with Crippen molar-refractivity contribution < 1.29 is 41.8 Å². The molecule has 1 aliphatic carbocycles. The highest BCUT2D eigenvalue weighted by molar-refractivity contribution is 5.80. The number of carbonyl (C=O) groups is 3. The second-order valence-electron chi connectivity index (χ2n) is 9.75. The summed E-state index contributed by atoms with van der Waals surface area (Å²) in [5.74, 6) is -1.79. The van der Waals surface area contributed by atoms with Gasteiger partial charge in [0.05, 0.1) is 12.6 Å². The van der Waals surface area contributed by atoms with E-state index in [1.165, 1.54) is 0 Å². The zero-order valence-corrected chi connectivity index (χ0v) is 19.9. The van der Waals surface area contributed by atoms with Gasteiger partial charge < -0.3 is 35.6 Å². The smallest absolute Gasteiger partial charge is 0.406 e. The average Bonchev–Trinajstić information content (AvgIpc) is 3.58. The van der Waals surface area contributed by atoms with Crippen LogP contribution in [0.15, 0.2) is 18.2 Å². The molecule has 14 heteroatoms. The number of hydrogen-bond acceptors (Lipinski definition) is 5. The van der Waals surface area contributed by atoms with Crippen LogP contribution in [0.3, 0.4) is 0 Å². The highest BCUT2D eigenvalue weighted by Gasteiger charge is 2.50. The molecule has 3 fully saturated rings. The molecule has 2 aliphatic heterocycles. The Bertz CT molecular complexity index is 1040. The normalized spacial score (nSPS) is 23.5. The number of aliphatic hydroxyl groups excluding tert-OH is 1. The summed E-state index contributed by atoms with van der Waals surface area (Å²) in [5, 5.41) is 17.1. The summed E-state index contributed by atoms with van der Waals surface area (Å²) in [5.41, 5.74) is -0.570. The molecule has 1 aromatic carbocycles. The first kappa shape index (κ1) is 26.8. The number of amides is 5. The van der Waals surface area contributed by atoms with Crippen LogP contribution in [0.1, 0.15) is 31.2 Å². The number of alkyl halides is 3. The summed E-state index contributed by atoms with van der Waals surface area (Å²) in [6, 6.07) is 1.28. The standard InChI is InChI=1S/C23H29F4N5O5/c24-18-7-17(37-23(25,26)27)4-1-14(18)10-29-21(36)32(15-2-3-15)16-8-22(9-19(34)30-12-22)13-31(11-16)20(35)28-5-6-33/h1,4,7,15-16,33H,2-3,5-6,8-13H2,(H,28,35)(H,29,36)(H,30,34)/t16-,22?/m1/s1. The summed E-state index contributed by atoms with van der Waals surface area (Å²) in [7, 11) is 0. The van der Waals surface area contributed by atoms with Gasteiger partial charge in [-0.25, -0.2) is 14.0 Å². The maximum Gasteiger partial charge on any atom is 0.573 e. The van der Waals surface area contributed by atoms with Crippen molar-refractivity contribution in [3.63, 3.8) is 0 Å². The van der Waals surface area contributed by atoms with E-state index in [1.54, 1.807) is 9.80 Å². The number of nitrogens with zero attached hydrogens (tertiary/aromatic N) is 2. The molecule has 0 aromatic heterocycles. The molecule has 1 unspecified atom stereocenters. The van der Waals surface area contributed by atoms with Gasteiger partial charge >= 0.3 is 18.4 Å². The Morgan fingerprint density at radius 3 is 2.59 bits per heavy atom. The van der Waals surface area contributed by atoms with Gasteiger partial charge in [-0.15, -0.1) is 13.2 Å². The monoisotopic (exact) mass is 531 g/mol. The first-order valence-electron chi connectivity index (χ1n) is 12.0. The third-order valence-corrected chi connectivity index (χ3v) is 6.75. The minimum absolute atomic E-state index is 0.0191. The predicted octanol–water partition coefficient (Wildman–Crippen LogP) is 1.68. The van der Waals surface area contributed by atoms with Crippen LogP contribution in [0.2, 0.25) is 0 Å². The van der Waals surface area contributed by atoms with Crippen molar-refractivity contribution >= 4 is 18.0 Å². The Labute approximate surface area is 210 Å². The first-order valence-corrected chi connectivity index (χ1v) is 12.0. The SMILES string of the molecule is O=C1CC2(CN1)C[C@@H](N(C(=O)NCc1ccc(OC(F)(F)F)cc1F)C1CC1)CN(C(=O)NCCO)C2. The Balaban J connectivity index is 1.46. The number of carbonyl (C=O) groups excluding carboxylic acids is 3. The lowest BCUT2D eigenvalue weighted by atomic mass is 9.76. The second-order valence-corrected chi connectivity index (χ2v) is 9.75. The molecule has 1 spiro atoms. The highest BCUT2D eigenvalue weighted by Crippen LogP contribution is 2.40. The minimum Gasteiger partial charge on any atom is -0.406 e. The van der Waals surface area contributed by atoms with Gasteiger partial charge in [-0.3, -0.25) is 4.79 Å². The molecule has 2 saturated heterocycles. The molecule has 10 nitrogen and oxygen atoms in total. The van der Waals surface area contributed by atoms with Crippen LogP contribution >= 0.6 is 0 Å². The minimum atomic E-state index is -4.95. The number of ether oxygens (including phenoxy) is 1. The number of likely N-dealkylation sites (tertiary alicyclic amines) is 1. The van der Waals surface area contributed by atoms with Crippen molar-refractivity contribution in [3.05, 3.63) is 29.6 Å². The van der Waals surface area contributed by atoms with Gasteiger partial charge in [-0.2, -0.15) is 0 Å². The van der Waals surface area contributed by atoms with E-state index in [0.717, 1.165) is 25.0 Å². The van der Waals surface area contributed by atoms with Crippen LogP contribution in [0.5, 0.6) is 5.75 Å². The maximum atomic E-state index is 14.4. The fourth-order valence-corrected chi connectivity index (χ4v) is 5.09. The van der Waals surface area contributed by atoms with Crippen molar-refractivity contribution in [1.82, 2.24) is 25.8 Å². The third kappa shape index (κ3) is 6.73. The largest absolute Gasteiger partial charge is 0.573 e. The molecule has 1 saturated carbocycles. The van der Waals surface area contributed by atoms with E-state index in [9.17, 15) is 31.9 Å². The molecule has 1 aromatic rings. The number of benzene rings is 1. The zero-order chi connectivity index (χ0) is 26.8. The van der Waals surface area contributed by atoms with Gasteiger partial charge in [0, 0.05) is 62.2 Å². The van der Waals surface area contributed by atoms with Gasteiger partial charge in [0.2, 0.25) is 5.91 Å². The zero-order valence-electron chi connectivity index (χ0n) is 19.9. The third-order valence-electron chi connectivity index (χ3n) is 6.75. The quantitative estimate of drug-likeness (QED) is 0.399. The Morgan fingerprint density at radius 1 is 1.24 bits per heavy atom. The van der Waals surface area contributed by atoms with Crippen LogP contribution in [-0.4, -0.2) is 84.1 Å². The lowest BCUT2D eigenvalue weighted by Crippen LogP contribution is -2.61. The van der Waals surface area contributed by atoms with Gasteiger partial charge in [0.15, 0.2) is 0 Å². The van der Waals surface area contributed by atoms with E-state index in [-0.39, 0.29) is 50.2 Å². The summed E-state index contributed by atoms with van der Waals surface area (Å²) >= 11 is 0. The van der Waals surface area contributed by atoms with E-state index >= 15 is 0 Å². The van der Waals surface area contributed by atoms with Gasteiger partial charge in [0.25, 0.3) is 0 Å². The summed E-state index contributed by atoms with van der Waals surface area (Å²) in [6.45, 7) is 0.467. The summed E-state index contributed by atoms with van der Waals surface area (Å²) in [4.78, 5) is 41.2. The van der Waals surface area contributed by atoms with Gasteiger partial charge in [-0.05, 0) is 25.3 Å². The van der Waals surface area contributed by atoms with Crippen LogP contribution in [0, 0.1) is 11.2 Å². The fourth-order valence-electron chi connectivity index (χ4n) is 5.09. The van der Waals surface area contributed by atoms with E-state index in [4.69, 9.17) is 5.11 Å². The fraction of sp³-hybridized carbons (Fsp3) is 0.609. The number of hydrogen-bond donors (Lipinski definition) is 4. The van der Waals surface area contributed by atoms with Crippen molar-refractivity contribution in [2.75, 3.05) is 32.8 Å². The summed E-state index contributed by atoms with van der Waals surface area (Å²) in [6.07, 6.45) is -2.75. The van der Waals surface area contributed by atoms with Gasteiger partial charge in [-0.1, -0.05) is 6.07 Å². The molecule has 4 rings (SSSR count). The van der Waals surface area contributed by atoms with E-state index < -0.39 is 41.4 Å². The maximum absolute atomic E-state index is 14.4. The number of piperidine rings is 1. The molecule has 3 aliphatic rings. The lowest BCUT2D eigenvalue weighted by molar-refractivity contribution is -0.274. The lowest BCUT2D eigenvalue weighted by Gasteiger charge is -2.47. The van der Waals surface area contributed by atoms with Crippen molar-refractivity contribution in [3.8, 4) is 5.75 Å². The molecule has 2 heterocycles. The van der Waals surface area contributed by atoms with Crippen LogP contribution < -0.4 is 20.7 Å². The van der Waals surface area contributed by atoms with E-state index in [1.807, 2.05) is 0 Å². The Morgan fingerprint density at radius 2 is 2.00 bits per heavy atom. The predicted molar refractivity (Wildman–Crippen MR) is 121 cm³/mol. The molecular formula is C23H29F4N5O5. The molecule has 2 atom stereocenters. The highest BCUT2D eigenvalue weighted by atomic mass is 19.4. The number of urea groups is 2. The van der Waals surface area contributed by atoms with Crippen molar-refractivity contribution in [2.24, 2.45) is 5.41 Å². The molecule has 37 heavy (non-hydrogen) atoms. The molecule has 4 N–H and O–H groups in total. The molecule has 204 valence electrons. The summed E-state index contributed by atoms with van der Waals surface area (Å²) < 4.78 is 55.2. The van der Waals surface area contributed by atoms with E-state index in [0.29, 0.717) is 25.6 Å². The van der Waals surface area contributed by atoms with Crippen LogP contribution in [0.25, 0.3) is 0 Å². The van der Waals surface area contributed by atoms with E-state index in [2.05, 4.69) is 20.7 Å². The molecule has 5 amide bonds.